The maximum Gasteiger partial charge on any atom is 0.225 e. The van der Waals surface area contributed by atoms with Crippen molar-refractivity contribution < 1.29 is 0 Å². The molecule has 20 heavy (non-hydrogen) atoms. The summed E-state index contributed by atoms with van der Waals surface area (Å²) in [6.07, 6.45) is 1.62. The van der Waals surface area contributed by atoms with E-state index in [1.54, 1.807) is 25.1 Å². The second-order valence-electron chi connectivity index (χ2n) is 4.08. The van der Waals surface area contributed by atoms with Crippen molar-refractivity contribution in [3.63, 3.8) is 0 Å². The molecule has 0 aliphatic heterocycles. The fourth-order valence-corrected chi connectivity index (χ4v) is 3.06. The van der Waals surface area contributed by atoms with Gasteiger partial charge in [0.15, 0.2) is 5.65 Å². The van der Waals surface area contributed by atoms with Crippen molar-refractivity contribution in [1.29, 1.82) is 0 Å². The number of nitrogens with zero attached hydrogens (tertiary/aromatic N) is 3. The van der Waals surface area contributed by atoms with Crippen molar-refractivity contribution in [2.75, 3.05) is 12.4 Å². The van der Waals surface area contributed by atoms with Gasteiger partial charge in [0.2, 0.25) is 5.95 Å². The van der Waals surface area contributed by atoms with Crippen LogP contribution in [0.15, 0.2) is 35.6 Å². The number of rotatable bonds is 4. The van der Waals surface area contributed by atoms with Crippen LogP contribution in [-0.4, -0.2) is 27.0 Å². The van der Waals surface area contributed by atoms with Gasteiger partial charge in [0.25, 0.3) is 0 Å². The quantitative estimate of drug-likeness (QED) is 0.571. The molecule has 2 heterocycles. The first-order valence-electron chi connectivity index (χ1n) is 6.03. The zero-order chi connectivity index (χ0) is 13.9. The molecule has 0 radical (unpaired) electrons. The van der Waals surface area contributed by atoms with Crippen LogP contribution < -0.4 is 5.32 Å². The largest absolute Gasteiger partial charge is 0.357 e. The molecule has 0 spiro atoms. The van der Waals surface area contributed by atoms with E-state index in [1.165, 1.54) is 0 Å². The van der Waals surface area contributed by atoms with Crippen LogP contribution in [0.4, 0.5) is 5.95 Å². The van der Waals surface area contributed by atoms with E-state index in [2.05, 4.69) is 25.3 Å². The molecule has 2 N–H and O–H groups in total. The van der Waals surface area contributed by atoms with Crippen molar-refractivity contribution in [1.82, 2.24) is 19.9 Å². The monoisotopic (exact) mass is 305 g/mol. The van der Waals surface area contributed by atoms with Crippen molar-refractivity contribution >= 4 is 40.5 Å². The van der Waals surface area contributed by atoms with Crippen LogP contribution in [0.2, 0.25) is 5.02 Å². The third-order valence-electron chi connectivity index (χ3n) is 2.80. The Labute approximate surface area is 125 Å². The van der Waals surface area contributed by atoms with E-state index in [1.807, 2.05) is 24.3 Å². The van der Waals surface area contributed by atoms with E-state index in [0.29, 0.717) is 11.6 Å². The smallest absolute Gasteiger partial charge is 0.225 e. The summed E-state index contributed by atoms with van der Waals surface area (Å²) < 4.78 is 0. The first-order chi connectivity index (χ1) is 9.78. The number of aromatic nitrogens is 4. The Kier molecular flexibility index (Phi) is 3.75. The van der Waals surface area contributed by atoms with Gasteiger partial charge in [-0.2, -0.15) is 4.98 Å². The number of fused-ring (bicyclic) bond motifs is 1. The lowest BCUT2D eigenvalue weighted by atomic mass is 10.2. The lowest BCUT2D eigenvalue weighted by Gasteiger charge is -2.06. The van der Waals surface area contributed by atoms with Crippen molar-refractivity contribution in [2.45, 2.75) is 10.8 Å². The molecule has 1 aromatic carbocycles. The van der Waals surface area contributed by atoms with Crippen LogP contribution in [-0.2, 0) is 5.75 Å². The van der Waals surface area contributed by atoms with E-state index in [9.17, 15) is 0 Å². The summed E-state index contributed by atoms with van der Waals surface area (Å²) in [5.41, 5.74) is 2.59. The van der Waals surface area contributed by atoms with Crippen LogP contribution in [0.1, 0.15) is 5.56 Å². The highest BCUT2D eigenvalue weighted by molar-refractivity contribution is 7.98. The predicted molar refractivity (Wildman–Crippen MR) is 82.2 cm³/mol. The molecule has 5 nitrogen and oxygen atoms in total. The Bertz CT molecular complexity index is 742. The summed E-state index contributed by atoms with van der Waals surface area (Å²) in [7, 11) is 1.79. The fraction of sp³-hybridized carbons (Fsp3) is 0.154. The van der Waals surface area contributed by atoms with Gasteiger partial charge < -0.3 is 10.3 Å². The second kappa shape index (κ2) is 5.68. The van der Waals surface area contributed by atoms with Gasteiger partial charge in [-0.1, -0.05) is 41.6 Å². The highest BCUT2D eigenvalue weighted by atomic mass is 35.5. The number of hydrogen-bond donors (Lipinski definition) is 2. The number of benzene rings is 1. The number of anilines is 1. The van der Waals surface area contributed by atoms with E-state index < -0.39 is 0 Å². The fourth-order valence-electron chi connectivity index (χ4n) is 1.78. The van der Waals surface area contributed by atoms with Gasteiger partial charge in [-0.25, -0.2) is 9.97 Å². The van der Waals surface area contributed by atoms with Crippen molar-refractivity contribution in [3.05, 3.63) is 41.2 Å². The predicted octanol–water partition coefficient (Wildman–Crippen LogP) is 3.34. The van der Waals surface area contributed by atoms with Gasteiger partial charge in [-0.15, -0.1) is 0 Å². The average Bonchev–Trinajstić information content (AvgIpc) is 2.94. The molecule has 0 bridgehead atoms. The van der Waals surface area contributed by atoms with Gasteiger partial charge in [-0.3, -0.25) is 0 Å². The Morgan fingerprint density at radius 2 is 2.15 bits per heavy atom. The highest BCUT2D eigenvalue weighted by Gasteiger charge is 2.10. The molecule has 0 aliphatic rings. The van der Waals surface area contributed by atoms with Gasteiger partial charge in [-0.05, 0) is 11.6 Å². The van der Waals surface area contributed by atoms with E-state index >= 15 is 0 Å². The molecule has 102 valence electrons. The molecule has 3 aromatic rings. The van der Waals surface area contributed by atoms with Gasteiger partial charge >= 0.3 is 0 Å². The van der Waals surface area contributed by atoms with Crippen molar-refractivity contribution in [2.24, 2.45) is 0 Å². The van der Waals surface area contributed by atoms with Crippen LogP contribution in [0.5, 0.6) is 0 Å². The SMILES string of the molecule is CNc1nc(SCc2ccccc2Cl)c2[nH]cnc2n1. The Morgan fingerprint density at radius 3 is 2.95 bits per heavy atom. The molecule has 0 unspecified atom stereocenters. The lowest BCUT2D eigenvalue weighted by molar-refractivity contribution is 1.08. The van der Waals surface area contributed by atoms with Crippen LogP contribution in [0.25, 0.3) is 11.2 Å². The normalized spacial score (nSPS) is 10.9. The topological polar surface area (TPSA) is 66.5 Å². The molecule has 0 atom stereocenters. The molecule has 0 fully saturated rings. The number of H-pyrrole nitrogens is 1. The van der Waals surface area contributed by atoms with Gasteiger partial charge in [0.1, 0.15) is 10.5 Å². The molecular formula is C13H12ClN5S. The minimum absolute atomic E-state index is 0.561. The molecule has 2 aromatic heterocycles. The molecule has 0 saturated heterocycles. The molecule has 3 rings (SSSR count). The lowest BCUT2D eigenvalue weighted by Crippen LogP contribution is -1.98. The minimum Gasteiger partial charge on any atom is -0.357 e. The molecule has 7 heteroatoms. The zero-order valence-electron chi connectivity index (χ0n) is 10.7. The Hall–Kier alpha value is -1.79. The third-order valence-corrected chi connectivity index (χ3v) is 4.19. The summed E-state index contributed by atoms with van der Waals surface area (Å²) >= 11 is 7.77. The number of hydrogen-bond acceptors (Lipinski definition) is 5. The first-order valence-corrected chi connectivity index (χ1v) is 7.39. The molecular weight excluding hydrogens is 294 g/mol. The zero-order valence-corrected chi connectivity index (χ0v) is 12.3. The molecule has 0 saturated carbocycles. The summed E-state index contributed by atoms with van der Waals surface area (Å²) in [5.74, 6) is 1.31. The number of halogens is 1. The molecule has 0 amide bonds. The summed E-state index contributed by atoms with van der Waals surface area (Å²) in [5, 5.41) is 4.57. The van der Waals surface area contributed by atoms with E-state index in [0.717, 1.165) is 26.9 Å². The van der Waals surface area contributed by atoms with Gasteiger partial charge in [0, 0.05) is 17.8 Å². The number of thioether (sulfide) groups is 1. The highest BCUT2D eigenvalue weighted by Crippen LogP contribution is 2.29. The van der Waals surface area contributed by atoms with E-state index in [4.69, 9.17) is 11.6 Å². The Balaban J connectivity index is 1.90. The maximum absolute atomic E-state index is 6.17. The van der Waals surface area contributed by atoms with Crippen LogP contribution in [0, 0.1) is 0 Å². The number of aromatic amines is 1. The van der Waals surface area contributed by atoms with Gasteiger partial charge in [0.05, 0.1) is 6.33 Å². The molecule has 0 aliphatic carbocycles. The number of nitrogens with one attached hydrogen (secondary N) is 2. The van der Waals surface area contributed by atoms with Crippen LogP contribution in [0.3, 0.4) is 0 Å². The van der Waals surface area contributed by atoms with Crippen LogP contribution >= 0.6 is 23.4 Å². The summed E-state index contributed by atoms with van der Waals surface area (Å²) in [4.78, 5) is 16.0. The second-order valence-corrected chi connectivity index (χ2v) is 5.45. The van der Waals surface area contributed by atoms with Crippen molar-refractivity contribution in [3.8, 4) is 0 Å². The van der Waals surface area contributed by atoms with E-state index in [-0.39, 0.29) is 0 Å². The number of imidazole rings is 1. The maximum atomic E-state index is 6.17. The standard InChI is InChI=1S/C13H12ClN5S/c1-15-13-18-11-10(16-7-17-11)12(19-13)20-6-8-4-2-3-5-9(8)14/h2-5,7H,6H2,1H3,(H2,15,16,17,18,19). The first kappa shape index (κ1) is 13.2. The third kappa shape index (κ3) is 2.57. The minimum atomic E-state index is 0.561. The summed E-state index contributed by atoms with van der Waals surface area (Å²) in [6.45, 7) is 0. The Morgan fingerprint density at radius 1 is 1.30 bits per heavy atom. The average molecular weight is 306 g/mol. The summed E-state index contributed by atoms with van der Waals surface area (Å²) in [6, 6.07) is 7.81.